The topological polar surface area (TPSA) is 57.7 Å². The minimum Gasteiger partial charge on any atom is -0.340 e. The molecule has 8 heteroatoms. The Morgan fingerprint density at radius 2 is 1.92 bits per heavy atom. The lowest BCUT2D eigenvalue weighted by Crippen LogP contribution is -2.50. The van der Waals surface area contributed by atoms with Crippen molar-refractivity contribution in [2.45, 2.75) is 17.7 Å². The quantitative estimate of drug-likeness (QED) is 0.798. The van der Waals surface area contributed by atoms with Gasteiger partial charge in [0.15, 0.2) is 0 Å². The predicted molar refractivity (Wildman–Crippen MR) is 94.4 cm³/mol. The smallest absolute Gasteiger partial charge is 0.243 e. The van der Waals surface area contributed by atoms with E-state index in [9.17, 15) is 17.6 Å². The van der Waals surface area contributed by atoms with Gasteiger partial charge in [-0.05, 0) is 47.0 Å². The minimum atomic E-state index is -3.72. The molecule has 1 aromatic carbocycles. The highest BCUT2D eigenvalue weighted by Gasteiger charge is 2.30. The molecule has 0 bridgehead atoms. The second-order valence-corrected chi connectivity index (χ2v) is 8.59. The average molecular weight is 382 g/mol. The molecule has 0 saturated carbocycles. The molecule has 5 nitrogen and oxygen atoms in total. The minimum absolute atomic E-state index is 0.0361. The monoisotopic (exact) mass is 382 g/mol. The number of hydrogen-bond acceptors (Lipinski definition) is 4. The fourth-order valence-corrected chi connectivity index (χ4v) is 4.96. The van der Waals surface area contributed by atoms with Crippen molar-refractivity contribution in [2.75, 3.05) is 26.2 Å². The number of aryl methyl sites for hydroxylation is 1. The number of hydrogen-bond donors (Lipinski definition) is 0. The van der Waals surface area contributed by atoms with Gasteiger partial charge in [0.25, 0.3) is 0 Å². The molecule has 3 rings (SSSR count). The first-order valence-corrected chi connectivity index (χ1v) is 10.4. The molecule has 0 atom stereocenters. The summed E-state index contributed by atoms with van der Waals surface area (Å²) in [6.07, 6.45) is 1.12. The van der Waals surface area contributed by atoms with Crippen molar-refractivity contribution < 1.29 is 17.6 Å². The van der Waals surface area contributed by atoms with Crippen LogP contribution in [0.3, 0.4) is 0 Å². The second kappa shape index (κ2) is 7.63. The van der Waals surface area contributed by atoms with Crippen molar-refractivity contribution in [3.63, 3.8) is 0 Å². The first-order chi connectivity index (χ1) is 12.0. The maximum atomic E-state index is 13.3. The molecule has 1 amide bonds. The molecule has 0 unspecified atom stereocenters. The van der Waals surface area contributed by atoms with Crippen molar-refractivity contribution in [2.24, 2.45) is 0 Å². The van der Waals surface area contributed by atoms with E-state index in [4.69, 9.17) is 0 Å². The molecule has 0 radical (unpaired) electrons. The summed E-state index contributed by atoms with van der Waals surface area (Å²) in [5.74, 6) is -0.544. The maximum absolute atomic E-state index is 13.3. The number of thiophene rings is 1. The summed E-state index contributed by atoms with van der Waals surface area (Å²) >= 11 is 1.60. The SMILES string of the molecule is O=C(CCc1ccsc1)N1CCN(S(=O)(=O)c2cccc(F)c2)CC1. The summed E-state index contributed by atoms with van der Waals surface area (Å²) in [7, 11) is -3.72. The summed E-state index contributed by atoms with van der Waals surface area (Å²) in [5, 5.41) is 4.01. The summed E-state index contributed by atoms with van der Waals surface area (Å²) in [5.41, 5.74) is 1.14. The van der Waals surface area contributed by atoms with Crippen molar-refractivity contribution in [1.29, 1.82) is 0 Å². The van der Waals surface area contributed by atoms with Gasteiger partial charge in [-0.25, -0.2) is 12.8 Å². The Balaban J connectivity index is 1.57. The van der Waals surface area contributed by atoms with E-state index in [1.807, 2.05) is 16.8 Å². The van der Waals surface area contributed by atoms with Gasteiger partial charge in [0.1, 0.15) is 5.82 Å². The lowest BCUT2D eigenvalue weighted by atomic mass is 10.1. The van der Waals surface area contributed by atoms with Crippen molar-refractivity contribution >= 4 is 27.3 Å². The average Bonchev–Trinajstić information content (AvgIpc) is 3.13. The van der Waals surface area contributed by atoms with Crippen LogP contribution in [-0.4, -0.2) is 49.7 Å². The Morgan fingerprint density at radius 1 is 1.16 bits per heavy atom. The molecular formula is C17H19FN2O3S2. The highest BCUT2D eigenvalue weighted by molar-refractivity contribution is 7.89. The summed E-state index contributed by atoms with van der Waals surface area (Å²) in [4.78, 5) is 13.9. The van der Waals surface area contributed by atoms with E-state index in [-0.39, 0.29) is 23.9 Å². The Bertz CT molecular complexity index is 829. The molecule has 1 aliphatic heterocycles. The lowest BCUT2D eigenvalue weighted by Gasteiger charge is -2.34. The van der Waals surface area contributed by atoms with E-state index >= 15 is 0 Å². The fourth-order valence-electron chi connectivity index (χ4n) is 2.80. The molecule has 0 spiro atoms. The molecular weight excluding hydrogens is 363 g/mol. The van der Waals surface area contributed by atoms with E-state index in [0.717, 1.165) is 11.6 Å². The molecule has 1 aliphatic rings. The highest BCUT2D eigenvalue weighted by Crippen LogP contribution is 2.19. The zero-order valence-electron chi connectivity index (χ0n) is 13.6. The first kappa shape index (κ1) is 18.0. The molecule has 1 fully saturated rings. The van der Waals surface area contributed by atoms with Crippen LogP contribution in [0.4, 0.5) is 4.39 Å². The number of amides is 1. The molecule has 25 heavy (non-hydrogen) atoms. The number of carbonyl (C=O) groups is 1. The molecule has 2 aromatic rings. The summed E-state index contributed by atoms with van der Waals surface area (Å²) in [6, 6.07) is 7.00. The largest absolute Gasteiger partial charge is 0.340 e. The van der Waals surface area contributed by atoms with Crippen LogP contribution in [0.1, 0.15) is 12.0 Å². The Morgan fingerprint density at radius 3 is 2.56 bits per heavy atom. The molecule has 1 aromatic heterocycles. The second-order valence-electron chi connectivity index (χ2n) is 5.87. The van der Waals surface area contributed by atoms with Gasteiger partial charge in [-0.3, -0.25) is 4.79 Å². The van der Waals surface area contributed by atoms with Crippen LogP contribution in [0.5, 0.6) is 0 Å². The number of carbonyl (C=O) groups excluding carboxylic acids is 1. The number of sulfonamides is 1. The van der Waals surface area contributed by atoms with Crippen LogP contribution < -0.4 is 0 Å². The third-order valence-corrected chi connectivity index (χ3v) is 6.86. The van der Waals surface area contributed by atoms with Gasteiger partial charge in [0.05, 0.1) is 4.90 Å². The highest BCUT2D eigenvalue weighted by atomic mass is 32.2. The lowest BCUT2D eigenvalue weighted by molar-refractivity contribution is -0.132. The fraction of sp³-hybridized carbons (Fsp3) is 0.353. The van der Waals surface area contributed by atoms with Crippen molar-refractivity contribution in [3.05, 3.63) is 52.5 Å². The Kier molecular flexibility index (Phi) is 5.51. The number of benzene rings is 1. The van der Waals surface area contributed by atoms with Gasteiger partial charge >= 0.3 is 0 Å². The third kappa shape index (κ3) is 4.26. The van der Waals surface area contributed by atoms with E-state index in [0.29, 0.717) is 25.9 Å². The van der Waals surface area contributed by atoms with Crippen molar-refractivity contribution in [3.8, 4) is 0 Å². The molecule has 1 saturated heterocycles. The van der Waals surface area contributed by atoms with E-state index in [1.165, 1.54) is 22.5 Å². The van der Waals surface area contributed by atoms with Gasteiger partial charge in [0, 0.05) is 32.6 Å². The number of halogens is 1. The van der Waals surface area contributed by atoms with Crippen LogP contribution in [0.25, 0.3) is 0 Å². The van der Waals surface area contributed by atoms with E-state index in [2.05, 4.69) is 0 Å². The van der Waals surface area contributed by atoms with Crippen molar-refractivity contribution in [1.82, 2.24) is 9.21 Å². The van der Waals surface area contributed by atoms with Gasteiger partial charge < -0.3 is 4.90 Å². The van der Waals surface area contributed by atoms with Crippen LogP contribution in [0, 0.1) is 5.82 Å². The molecule has 0 N–H and O–H groups in total. The maximum Gasteiger partial charge on any atom is 0.243 e. The van der Waals surface area contributed by atoms with E-state index < -0.39 is 15.8 Å². The Hall–Kier alpha value is -1.77. The number of piperazine rings is 1. The first-order valence-electron chi connectivity index (χ1n) is 8.01. The normalized spacial score (nSPS) is 16.1. The summed E-state index contributed by atoms with van der Waals surface area (Å²) < 4.78 is 39.7. The zero-order valence-corrected chi connectivity index (χ0v) is 15.2. The molecule has 2 heterocycles. The third-order valence-electron chi connectivity index (χ3n) is 4.23. The van der Waals surface area contributed by atoms with Crippen LogP contribution in [0.15, 0.2) is 46.0 Å². The number of nitrogens with zero attached hydrogens (tertiary/aromatic N) is 2. The van der Waals surface area contributed by atoms with Crippen LogP contribution in [0.2, 0.25) is 0 Å². The van der Waals surface area contributed by atoms with Crippen LogP contribution in [-0.2, 0) is 21.2 Å². The van der Waals surface area contributed by atoms with Gasteiger partial charge in [-0.15, -0.1) is 0 Å². The van der Waals surface area contributed by atoms with Crippen LogP contribution >= 0.6 is 11.3 Å². The van der Waals surface area contributed by atoms with Gasteiger partial charge in [0.2, 0.25) is 15.9 Å². The van der Waals surface area contributed by atoms with Gasteiger partial charge in [-0.2, -0.15) is 15.6 Å². The zero-order chi connectivity index (χ0) is 17.9. The van der Waals surface area contributed by atoms with Gasteiger partial charge in [-0.1, -0.05) is 6.07 Å². The number of rotatable bonds is 5. The molecule has 134 valence electrons. The predicted octanol–water partition coefficient (Wildman–Crippen LogP) is 2.35. The Labute approximate surface area is 150 Å². The standard InChI is InChI=1S/C17H19FN2O3S2/c18-15-2-1-3-16(12-15)25(22,23)20-9-7-19(8-10-20)17(21)5-4-14-6-11-24-13-14/h1-3,6,11-13H,4-5,7-10H2. The molecule has 0 aliphatic carbocycles. The summed E-state index contributed by atoms with van der Waals surface area (Å²) in [6.45, 7) is 1.17. The van der Waals surface area contributed by atoms with E-state index in [1.54, 1.807) is 16.2 Å².